The van der Waals surface area contributed by atoms with Crippen LogP contribution in [-0.4, -0.2) is 6.54 Å². The molecule has 0 aromatic heterocycles. The lowest BCUT2D eigenvalue weighted by Gasteiger charge is -2.18. The molecule has 0 amide bonds. The standard InChI is InChI=1S/C18H30ClN/c1-3-5-6-7-8-9-10-14-18(20-4-2)16-12-11-13-17(19)15-16/h11-13,15,18,20H,3-10,14H2,1-2H3. The lowest BCUT2D eigenvalue weighted by atomic mass is 9.99. The zero-order valence-electron chi connectivity index (χ0n) is 13.1. The van der Waals surface area contributed by atoms with Crippen LogP contribution in [0.1, 0.15) is 76.8 Å². The van der Waals surface area contributed by atoms with E-state index in [1.54, 1.807) is 0 Å². The van der Waals surface area contributed by atoms with E-state index in [1.807, 2.05) is 12.1 Å². The van der Waals surface area contributed by atoms with Gasteiger partial charge in [0.1, 0.15) is 0 Å². The second-order valence-corrected chi connectivity index (χ2v) is 6.01. The number of halogens is 1. The Kier molecular flexibility index (Phi) is 9.78. The quantitative estimate of drug-likeness (QED) is 0.484. The highest BCUT2D eigenvalue weighted by Crippen LogP contribution is 2.23. The van der Waals surface area contributed by atoms with Crippen LogP contribution >= 0.6 is 11.6 Å². The topological polar surface area (TPSA) is 12.0 Å². The van der Waals surface area contributed by atoms with Gasteiger partial charge in [0.05, 0.1) is 0 Å². The monoisotopic (exact) mass is 295 g/mol. The number of unbranched alkanes of at least 4 members (excludes halogenated alkanes) is 6. The Bertz CT molecular complexity index is 351. The molecule has 114 valence electrons. The summed E-state index contributed by atoms with van der Waals surface area (Å²) in [4.78, 5) is 0. The second kappa shape index (κ2) is 11.2. The van der Waals surface area contributed by atoms with Crippen LogP contribution in [0, 0.1) is 0 Å². The summed E-state index contributed by atoms with van der Waals surface area (Å²) in [6, 6.07) is 8.72. The predicted molar refractivity (Wildman–Crippen MR) is 90.5 cm³/mol. The average molecular weight is 296 g/mol. The highest BCUT2D eigenvalue weighted by atomic mass is 35.5. The van der Waals surface area contributed by atoms with E-state index in [1.165, 1.54) is 56.9 Å². The molecule has 0 aliphatic heterocycles. The number of hydrogen-bond donors (Lipinski definition) is 1. The second-order valence-electron chi connectivity index (χ2n) is 5.58. The average Bonchev–Trinajstić information content (AvgIpc) is 2.45. The van der Waals surface area contributed by atoms with Crippen LogP contribution in [0.3, 0.4) is 0 Å². The van der Waals surface area contributed by atoms with Gasteiger partial charge in [-0.2, -0.15) is 0 Å². The van der Waals surface area contributed by atoms with Gasteiger partial charge in [0.25, 0.3) is 0 Å². The van der Waals surface area contributed by atoms with Gasteiger partial charge >= 0.3 is 0 Å². The number of rotatable bonds is 11. The minimum atomic E-state index is 0.453. The molecule has 0 aliphatic rings. The maximum Gasteiger partial charge on any atom is 0.0409 e. The molecule has 1 aromatic rings. The summed E-state index contributed by atoms with van der Waals surface area (Å²) in [5.74, 6) is 0. The van der Waals surface area contributed by atoms with Crippen LogP contribution in [0.5, 0.6) is 0 Å². The van der Waals surface area contributed by atoms with E-state index in [9.17, 15) is 0 Å². The fourth-order valence-corrected chi connectivity index (χ4v) is 2.86. The fourth-order valence-electron chi connectivity index (χ4n) is 2.66. The Morgan fingerprint density at radius 2 is 1.70 bits per heavy atom. The Hall–Kier alpha value is -0.530. The van der Waals surface area contributed by atoms with Crippen LogP contribution in [0.15, 0.2) is 24.3 Å². The van der Waals surface area contributed by atoms with Crippen molar-refractivity contribution in [2.24, 2.45) is 0 Å². The Labute approximate surface area is 130 Å². The molecule has 20 heavy (non-hydrogen) atoms. The van der Waals surface area contributed by atoms with Gasteiger partial charge in [-0.25, -0.2) is 0 Å². The van der Waals surface area contributed by atoms with Crippen molar-refractivity contribution < 1.29 is 0 Å². The van der Waals surface area contributed by atoms with E-state index in [0.29, 0.717) is 6.04 Å². The summed E-state index contributed by atoms with van der Waals surface area (Å²) in [6.07, 6.45) is 10.8. The van der Waals surface area contributed by atoms with Gasteiger partial charge < -0.3 is 5.32 Å². The van der Waals surface area contributed by atoms with Crippen LogP contribution in [0.2, 0.25) is 5.02 Å². The maximum absolute atomic E-state index is 6.09. The minimum Gasteiger partial charge on any atom is -0.310 e. The van der Waals surface area contributed by atoms with Crippen molar-refractivity contribution in [1.29, 1.82) is 0 Å². The first-order valence-electron chi connectivity index (χ1n) is 8.26. The van der Waals surface area contributed by atoms with Crippen molar-refractivity contribution in [2.75, 3.05) is 6.54 Å². The Morgan fingerprint density at radius 1 is 1.00 bits per heavy atom. The molecule has 2 heteroatoms. The fraction of sp³-hybridized carbons (Fsp3) is 0.667. The molecule has 0 radical (unpaired) electrons. The molecule has 1 unspecified atom stereocenters. The summed E-state index contributed by atoms with van der Waals surface area (Å²) >= 11 is 6.09. The van der Waals surface area contributed by atoms with Crippen LogP contribution in [-0.2, 0) is 0 Å². The molecule has 1 aromatic carbocycles. The molecular weight excluding hydrogens is 266 g/mol. The normalized spacial score (nSPS) is 12.6. The van der Waals surface area contributed by atoms with Crippen molar-refractivity contribution in [3.05, 3.63) is 34.9 Å². The molecule has 0 fully saturated rings. The van der Waals surface area contributed by atoms with Crippen LogP contribution < -0.4 is 5.32 Å². The molecule has 0 heterocycles. The highest BCUT2D eigenvalue weighted by molar-refractivity contribution is 6.30. The Balaban J connectivity index is 2.29. The lowest BCUT2D eigenvalue weighted by Crippen LogP contribution is -2.20. The molecule has 0 saturated carbocycles. The summed E-state index contributed by atoms with van der Waals surface area (Å²) in [6.45, 7) is 5.45. The van der Waals surface area contributed by atoms with Gasteiger partial charge in [-0.05, 0) is 30.7 Å². The maximum atomic E-state index is 6.09. The van der Waals surface area contributed by atoms with Crippen LogP contribution in [0.25, 0.3) is 0 Å². The van der Waals surface area contributed by atoms with E-state index in [0.717, 1.165) is 11.6 Å². The SMILES string of the molecule is CCCCCCCCCC(NCC)c1cccc(Cl)c1. The third-order valence-corrected chi connectivity index (χ3v) is 4.03. The van der Waals surface area contributed by atoms with Crippen LogP contribution in [0.4, 0.5) is 0 Å². The third-order valence-electron chi connectivity index (χ3n) is 3.80. The zero-order chi connectivity index (χ0) is 14.6. The van der Waals surface area contributed by atoms with E-state index in [-0.39, 0.29) is 0 Å². The molecule has 1 nitrogen and oxygen atoms in total. The van der Waals surface area contributed by atoms with Gasteiger partial charge in [-0.15, -0.1) is 0 Å². The molecule has 0 bridgehead atoms. The van der Waals surface area contributed by atoms with Crippen molar-refractivity contribution in [3.8, 4) is 0 Å². The molecule has 1 rings (SSSR count). The van der Waals surface area contributed by atoms with Gasteiger partial charge in [0.15, 0.2) is 0 Å². The molecule has 1 N–H and O–H groups in total. The largest absolute Gasteiger partial charge is 0.310 e. The first-order valence-corrected chi connectivity index (χ1v) is 8.64. The van der Waals surface area contributed by atoms with Gasteiger partial charge in [-0.1, -0.05) is 82.5 Å². The smallest absolute Gasteiger partial charge is 0.0409 e. The van der Waals surface area contributed by atoms with E-state index in [2.05, 4.69) is 31.3 Å². The van der Waals surface area contributed by atoms with Gasteiger partial charge in [0, 0.05) is 11.1 Å². The third kappa shape index (κ3) is 7.31. The summed E-state index contributed by atoms with van der Waals surface area (Å²) in [5.41, 5.74) is 1.32. The molecule has 1 atom stereocenters. The number of benzene rings is 1. The van der Waals surface area contributed by atoms with Crippen molar-refractivity contribution in [3.63, 3.8) is 0 Å². The van der Waals surface area contributed by atoms with E-state index >= 15 is 0 Å². The first kappa shape index (κ1) is 17.5. The van der Waals surface area contributed by atoms with Crippen molar-refractivity contribution >= 4 is 11.6 Å². The first-order chi connectivity index (χ1) is 9.77. The summed E-state index contributed by atoms with van der Waals surface area (Å²) in [5, 5.41) is 4.42. The predicted octanol–water partition coefficient (Wildman–Crippen LogP) is 6.13. The molecular formula is C18H30ClN. The highest BCUT2D eigenvalue weighted by Gasteiger charge is 2.09. The molecule has 0 aliphatic carbocycles. The molecule has 0 saturated heterocycles. The zero-order valence-corrected chi connectivity index (χ0v) is 13.9. The molecule has 0 spiro atoms. The summed E-state index contributed by atoms with van der Waals surface area (Å²) < 4.78 is 0. The summed E-state index contributed by atoms with van der Waals surface area (Å²) in [7, 11) is 0. The van der Waals surface area contributed by atoms with Gasteiger partial charge in [-0.3, -0.25) is 0 Å². The number of hydrogen-bond acceptors (Lipinski definition) is 1. The lowest BCUT2D eigenvalue weighted by molar-refractivity contribution is 0.476. The van der Waals surface area contributed by atoms with Crippen molar-refractivity contribution in [1.82, 2.24) is 5.32 Å². The van der Waals surface area contributed by atoms with E-state index in [4.69, 9.17) is 11.6 Å². The Morgan fingerprint density at radius 3 is 2.35 bits per heavy atom. The minimum absolute atomic E-state index is 0.453. The van der Waals surface area contributed by atoms with Crippen molar-refractivity contribution in [2.45, 2.75) is 71.3 Å². The number of nitrogens with one attached hydrogen (secondary N) is 1. The van der Waals surface area contributed by atoms with Gasteiger partial charge in [0.2, 0.25) is 0 Å². The van der Waals surface area contributed by atoms with E-state index < -0.39 is 0 Å².